The summed E-state index contributed by atoms with van der Waals surface area (Å²) in [6, 6.07) is 7.39. The van der Waals surface area contributed by atoms with E-state index < -0.39 is 17.5 Å². The lowest BCUT2D eigenvalue weighted by Gasteiger charge is -2.08. The van der Waals surface area contributed by atoms with Crippen molar-refractivity contribution in [1.82, 2.24) is 15.0 Å². The number of halogens is 2. The lowest BCUT2D eigenvalue weighted by Crippen LogP contribution is -2.12. The molecule has 0 saturated heterocycles. The van der Waals surface area contributed by atoms with Crippen LogP contribution in [0, 0.1) is 11.6 Å². The number of pyridine rings is 1. The van der Waals surface area contributed by atoms with E-state index in [1.54, 1.807) is 12.1 Å². The number of imidazole rings is 1. The predicted octanol–water partition coefficient (Wildman–Crippen LogP) is 2.64. The number of carbonyl (C=O) groups excluding carboxylic acids is 1. The minimum absolute atomic E-state index is 0.101. The maximum absolute atomic E-state index is 14.2. The molecule has 0 aliphatic rings. The molecule has 2 heterocycles. The van der Waals surface area contributed by atoms with E-state index in [0.29, 0.717) is 0 Å². The minimum atomic E-state index is -1.18. The van der Waals surface area contributed by atoms with Crippen molar-refractivity contribution < 1.29 is 18.3 Å². The average Bonchev–Trinajstić information content (AvgIpc) is 3.03. The van der Waals surface area contributed by atoms with E-state index >= 15 is 0 Å². The molecule has 23 heavy (non-hydrogen) atoms. The quantitative estimate of drug-likeness (QED) is 0.773. The summed E-state index contributed by atoms with van der Waals surface area (Å²) < 4.78 is 33.6. The van der Waals surface area contributed by atoms with Crippen LogP contribution in [0.15, 0.2) is 42.7 Å². The molecule has 6 nitrogen and oxygen atoms in total. The number of carbonyl (C=O) groups is 1. The number of hydrogen-bond donors (Lipinski definition) is 2. The number of nitrogens with one attached hydrogen (secondary N) is 1. The first-order valence-electron chi connectivity index (χ1n) is 6.48. The van der Waals surface area contributed by atoms with E-state index in [1.165, 1.54) is 30.6 Å². The second kappa shape index (κ2) is 5.84. The number of aromatic nitrogens is 3. The van der Waals surface area contributed by atoms with Gasteiger partial charge in [0.2, 0.25) is 11.7 Å². The number of rotatable bonds is 4. The number of primary amides is 1. The molecular formula is C15H10F2N4O2. The third-order valence-electron chi connectivity index (χ3n) is 3.00. The van der Waals surface area contributed by atoms with Crippen LogP contribution < -0.4 is 10.5 Å². The Kier molecular flexibility index (Phi) is 3.71. The van der Waals surface area contributed by atoms with Gasteiger partial charge in [0.15, 0.2) is 17.4 Å². The van der Waals surface area contributed by atoms with Crippen LogP contribution in [0.1, 0.15) is 10.6 Å². The average molecular weight is 316 g/mol. The summed E-state index contributed by atoms with van der Waals surface area (Å²) in [5, 5.41) is 0. The fourth-order valence-electron chi connectivity index (χ4n) is 1.92. The van der Waals surface area contributed by atoms with Gasteiger partial charge in [0, 0.05) is 17.8 Å². The zero-order chi connectivity index (χ0) is 16.4. The van der Waals surface area contributed by atoms with Crippen LogP contribution in [-0.4, -0.2) is 20.9 Å². The Labute approximate surface area is 129 Å². The first-order chi connectivity index (χ1) is 11.1. The summed E-state index contributed by atoms with van der Waals surface area (Å²) >= 11 is 0. The number of nitrogens with zero attached hydrogens (tertiary/aromatic N) is 2. The van der Waals surface area contributed by atoms with Crippen molar-refractivity contribution in [3.05, 3.63) is 60.2 Å². The highest BCUT2D eigenvalue weighted by Crippen LogP contribution is 2.31. The van der Waals surface area contributed by atoms with Gasteiger partial charge >= 0.3 is 0 Å². The van der Waals surface area contributed by atoms with E-state index in [9.17, 15) is 13.6 Å². The lowest BCUT2D eigenvalue weighted by atomic mass is 10.1. The van der Waals surface area contributed by atoms with Crippen LogP contribution >= 0.6 is 0 Å². The fraction of sp³-hybridized carbons (Fsp3) is 0. The summed E-state index contributed by atoms with van der Waals surface area (Å²) in [6.45, 7) is 0. The van der Waals surface area contributed by atoms with E-state index in [0.717, 1.165) is 0 Å². The summed E-state index contributed by atoms with van der Waals surface area (Å²) in [5.74, 6) is -3.43. The van der Waals surface area contributed by atoms with Crippen molar-refractivity contribution in [2.75, 3.05) is 0 Å². The first kappa shape index (κ1) is 14.6. The van der Waals surface area contributed by atoms with Crippen molar-refractivity contribution in [3.63, 3.8) is 0 Å². The normalized spacial score (nSPS) is 10.5. The molecule has 116 valence electrons. The molecule has 0 saturated carbocycles. The Morgan fingerprint density at radius 1 is 1.13 bits per heavy atom. The Hall–Kier alpha value is -3.29. The van der Waals surface area contributed by atoms with E-state index in [2.05, 4.69) is 15.0 Å². The van der Waals surface area contributed by atoms with E-state index in [4.69, 9.17) is 10.5 Å². The summed E-state index contributed by atoms with van der Waals surface area (Å²) in [6.07, 6.45) is 2.66. The van der Waals surface area contributed by atoms with Crippen molar-refractivity contribution in [2.24, 2.45) is 5.73 Å². The van der Waals surface area contributed by atoms with Gasteiger partial charge in [-0.3, -0.25) is 4.79 Å². The standard InChI is InChI=1S/C15H10F2N4O2/c16-12-8(9-7-20-15(21-9)14(18)22)4-5-10(13(12)17)23-11-3-1-2-6-19-11/h1-7H,(H2,18,22)(H,20,21). The highest BCUT2D eigenvalue weighted by molar-refractivity contribution is 5.89. The Morgan fingerprint density at radius 2 is 1.96 bits per heavy atom. The van der Waals surface area contributed by atoms with Crippen molar-refractivity contribution in [1.29, 1.82) is 0 Å². The SMILES string of the molecule is NC(=O)c1ncc(-c2ccc(Oc3ccccn3)c(F)c2F)[nH]1. The maximum atomic E-state index is 14.2. The van der Waals surface area contributed by atoms with Gasteiger partial charge in [0.05, 0.1) is 11.9 Å². The summed E-state index contributed by atoms with van der Waals surface area (Å²) in [5.41, 5.74) is 5.08. The van der Waals surface area contributed by atoms with Crippen LogP contribution in [0.25, 0.3) is 11.3 Å². The topological polar surface area (TPSA) is 93.9 Å². The molecule has 0 unspecified atom stereocenters. The summed E-state index contributed by atoms with van der Waals surface area (Å²) in [7, 11) is 0. The molecule has 0 atom stereocenters. The molecule has 0 aliphatic carbocycles. The number of H-pyrrole nitrogens is 1. The summed E-state index contributed by atoms with van der Waals surface area (Å²) in [4.78, 5) is 21.1. The van der Waals surface area contributed by atoms with Crippen LogP contribution in [0.2, 0.25) is 0 Å². The number of nitrogens with two attached hydrogens (primary N) is 1. The van der Waals surface area contributed by atoms with Crippen molar-refractivity contribution in [2.45, 2.75) is 0 Å². The largest absolute Gasteiger partial charge is 0.436 e. The highest BCUT2D eigenvalue weighted by Gasteiger charge is 2.18. The van der Waals surface area contributed by atoms with Crippen molar-refractivity contribution >= 4 is 5.91 Å². The number of ether oxygens (including phenoxy) is 1. The molecule has 0 radical (unpaired) electrons. The van der Waals surface area contributed by atoms with Crippen LogP contribution in [-0.2, 0) is 0 Å². The van der Waals surface area contributed by atoms with Gasteiger partial charge in [0.1, 0.15) is 0 Å². The number of benzene rings is 1. The van der Waals surface area contributed by atoms with E-state index in [1.807, 2.05) is 0 Å². The van der Waals surface area contributed by atoms with Gasteiger partial charge < -0.3 is 15.5 Å². The molecule has 3 aromatic rings. The molecule has 0 bridgehead atoms. The van der Waals surface area contributed by atoms with Gasteiger partial charge in [-0.2, -0.15) is 4.39 Å². The number of aromatic amines is 1. The van der Waals surface area contributed by atoms with E-state index in [-0.39, 0.29) is 28.7 Å². The molecule has 0 fully saturated rings. The van der Waals surface area contributed by atoms with Gasteiger partial charge in [-0.05, 0) is 18.2 Å². The Bertz CT molecular complexity index is 865. The zero-order valence-corrected chi connectivity index (χ0v) is 11.6. The molecule has 0 aliphatic heterocycles. The fourth-order valence-corrected chi connectivity index (χ4v) is 1.92. The minimum Gasteiger partial charge on any atom is -0.436 e. The van der Waals surface area contributed by atoms with Gasteiger partial charge in [-0.25, -0.2) is 14.4 Å². The second-order valence-corrected chi connectivity index (χ2v) is 4.52. The lowest BCUT2D eigenvalue weighted by molar-refractivity contribution is 0.0991. The Morgan fingerprint density at radius 3 is 2.61 bits per heavy atom. The van der Waals surface area contributed by atoms with Gasteiger partial charge in [-0.15, -0.1) is 0 Å². The zero-order valence-electron chi connectivity index (χ0n) is 11.6. The molecule has 8 heteroatoms. The molecule has 1 aromatic carbocycles. The third-order valence-corrected chi connectivity index (χ3v) is 3.00. The highest BCUT2D eigenvalue weighted by atomic mass is 19.2. The monoisotopic (exact) mass is 316 g/mol. The smallest absolute Gasteiger partial charge is 0.284 e. The number of hydrogen-bond acceptors (Lipinski definition) is 4. The molecule has 3 N–H and O–H groups in total. The first-order valence-corrected chi connectivity index (χ1v) is 6.48. The second-order valence-electron chi connectivity index (χ2n) is 4.52. The molecule has 2 aromatic heterocycles. The van der Waals surface area contributed by atoms with Crippen LogP contribution in [0.4, 0.5) is 8.78 Å². The van der Waals surface area contributed by atoms with Gasteiger partial charge in [0.25, 0.3) is 5.91 Å². The Balaban J connectivity index is 1.95. The predicted molar refractivity (Wildman–Crippen MR) is 76.8 cm³/mol. The van der Waals surface area contributed by atoms with Crippen molar-refractivity contribution in [3.8, 4) is 22.9 Å². The molecule has 1 amide bonds. The maximum Gasteiger partial charge on any atom is 0.284 e. The number of amides is 1. The van der Waals surface area contributed by atoms with Crippen LogP contribution in [0.3, 0.4) is 0 Å². The molecule has 3 rings (SSSR count). The molecular weight excluding hydrogens is 306 g/mol. The van der Waals surface area contributed by atoms with Gasteiger partial charge in [-0.1, -0.05) is 6.07 Å². The third kappa shape index (κ3) is 2.86. The van der Waals surface area contributed by atoms with Crippen LogP contribution in [0.5, 0.6) is 11.6 Å². The molecule has 0 spiro atoms.